The average Bonchev–Trinajstić information content (AvgIpc) is 2.59. The molecule has 12 heteroatoms. The fourth-order valence-electron chi connectivity index (χ4n) is 2.01. The number of anilines is 2. The van der Waals surface area contributed by atoms with Crippen molar-refractivity contribution in [2.24, 2.45) is 0 Å². The molecule has 8 nitrogen and oxygen atoms in total. The number of H-pyrrole nitrogens is 1. The largest absolute Gasteiger partial charge is 0.489 e. The maximum Gasteiger partial charge on any atom is 0.416 e. The minimum absolute atomic E-state index is 0.0154. The Morgan fingerprint density at radius 1 is 1.32 bits per heavy atom. The van der Waals surface area contributed by atoms with E-state index in [1.165, 1.54) is 7.11 Å². The third-order valence-electron chi connectivity index (χ3n) is 3.21. The van der Waals surface area contributed by atoms with Gasteiger partial charge in [-0.2, -0.15) is 13.2 Å². The molecule has 0 unspecified atom stereocenters. The minimum atomic E-state index is -4.58. The Balaban J connectivity index is 2.12. The number of carbonyl (C=O) groups is 1. The Kier molecular flexibility index (Phi) is 7.29. The lowest BCUT2D eigenvalue weighted by molar-refractivity contribution is -0.137. The second kappa shape index (κ2) is 9.46. The monoisotopic (exact) mass is 418 g/mol. The smallest absolute Gasteiger partial charge is 0.416 e. The first-order valence-electron chi connectivity index (χ1n) is 7.81. The standard InChI is InChI=1S/C16H17F3N4O4S/c1-26-4-5-27-11-3-2-9(16(17,18)19)6-10(11)21-14(25)8-28-15-22-12(20)7-13(24)23-15/h2-3,6-7H,4-5,8H2,1H3,(H,21,25)(H3,20,22,23,24). The lowest BCUT2D eigenvalue weighted by atomic mass is 10.1. The van der Waals surface area contributed by atoms with Gasteiger partial charge in [-0.25, -0.2) is 4.98 Å². The summed E-state index contributed by atoms with van der Waals surface area (Å²) in [5.41, 5.74) is 3.89. The molecule has 0 bridgehead atoms. The van der Waals surface area contributed by atoms with Gasteiger partial charge >= 0.3 is 6.18 Å². The number of nitrogens with two attached hydrogens (primary N) is 1. The molecule has 1 heterocycles. The van der Waals surface area contributed by atoms with Crippen LogP contribution in [0.15, 0.2) is 34.2 Å². The highest BCUT2D eigenvalue weighted by Crippen LogP contribution is 2.35. The summed E-state index contributed by atoms with van der Waals surface area (Å²) in [5.74, 6) is -0.789. The molecule has 0 fully saturated rings. The maximum atomic E-state index is 13.0. The van der Waals surface area contributed by atoms with E-state index >= 15 is 0 Å². The summed E-state index contributed by atoms with van der Waals surface area (Å²) in [6, 6.07) is 3.84. The average molecular weight is 418 g/mol. The number of hydrogen-bond donors (Lipinski definition) is 3. The van der Waals surface area contributed by atoms with Crippen LogP contribution in [0.1, 0.15) is 5.56 Å². The predicted molar refractivity (Wildman–Crippen MR) is 97.4 cm³/mol. The van der Waals surface area contributed by atoms with Crippen molar-refractivity contribution in [2.75, 3.05) is 37.1 Å². The van der Waals surface area contributed by atoms with Gasteiger partial charge in [-0.05, 0) is 18.2 Å². The fraction of sp³-hybridized carbons (Fsp3) is 0.312. The van der Waals surface area contributed by atoms with E-state index < -0.39 is 23.2 Å². The fourth-order valence-corrected chi connectivity index (χ4v) is 2.69. The van der Waals surface area contributed by atoms with E-state index in [4.69, 9.17) is 15.2 Å². The number of nitrogen functional groups attached to an aromatic ring is 1. The molecule has 0 aliphatic heterocycles. The van der Waals surface area contributed by atoms with Crippen LogP contribution in [0.25, 0.3) is 0 Å². The lowest BCUT2D eigenvalue weighted by Crippen LogP contribution is -2.17. The number of methoxy groups -OCH3 is 1. The van der Waals surface area contributed by atoms with Crippen LogP contribution < -0.4 is 21.3 Å². The summed E-state index contributed by atoms with van der Waals surface area (Å²) in [6.07, 6.45) is -4.58. The lowest BCUT2D eigenvalue weighted by Gasteiger charge is -2.15. The number of amides is 1. The van der Waals surface area contributed by atoms with Gasteiger partial charge in [0.05, 0.1) is 23.6 Å². The van der Waals surface area contributed by atoms with Crippen molar-refractivity contribution in [1.29, 1.82) is 0 Å². The molecule has 2 aromatic rings. The van der Waals surface area contributed by atoms with Crippen molar-refractivity contribution in [3.05, 3.63) is 40.2 Å². The zero-order chi connectivity index (χ0) is 20.7. The van der Waals surface area contributed by atoms with Crippen LogP contribution in [0, 0.1) is 0 Å². The Morgan fingerprint density at radius 3 is 2.71 bits per heavy atom. The molecule has 1 aromatic heterocycles. The number of ether oxygens (including phenoxy) is 2. The number of rotatable bonds is 8. The summed E-state index contributed by atoms with van der Waals surface area (Å²) in [7, 11) is 1.45. The Labute approximate surface area is 161 Å². The number of nitrogens with one attached hydrogen (secondary N) is 2. The molecule has 0 saturated carbocycles. The summed E-state index contributed by atoms with van der Waals surface area (Å²) >= 11 is 0.871. The first kappa shape index (κ1) is 21.6. The Hall–Kier alpha value is -2.73. The molecule has 0 spiro atoms. The van der Waals surface area contributed by atoms with Crippen LogP contribution in [-0.2, 0) is 15.7 Å². The number of benzene rings is 1. The van der Waals surface area contributed by atoms with E-state index in [9.17, 15) is 22.8 Å². The van der Waals surface area contributed by atoms with Gasteiger partial charge in [0.15, 0.2) is 5.16 Å². The predicted octanol–water partition coefficient (Wildman–Crippen LogP) is 2.13. The van der Waals surface area contributed by atoms with Crippen LogP contribution in [0.4, 0.5) is 24.7 Å². The van der Waals surface area contributed by atoms with Crippen molar-refractivity contribution in [3.63, 3.8) is 0 Å². The van der Waals surface area contributed by atoms with Crippen molar-refractivity contribution < 1.29 is 27.4 Å². The number of thioether (sulfide) groups is 1. The summed E-state index contributed by atoms with van der Waals surface area (Å²) in [4.78, 5) is 29.7. The van der Waals surface area contributed by atoms with Crippen LogP contribution >= 0.6 is 11.8 Å². The second-order valence-electron chi connectivity index (χ2n) is 5.36. The number of hydrogen-bond acceptors (Lipinski definition) is 7. The molecule has 1 aromatic carbocycles. The van der Waals surface area contributed by atoms with Crippen LogP contribution in [0.2, 0.25) is 0 Å². The minimum Gasteiger partial charge on any atom is -0.489 e. The number of aromatic amines is 1. The van der Waals surface area contributed by atoms with Gasteiger partial charge in [0, 0.05) is 13.2 Å². The highest BCUT2D eigenvalue weighted by Gasteiger charge is 2.31. The van der Waals surface area contributed by atoms with Crippen LogP contribution in [0.5, 0.6) is 5.75 Å². The number of aromatic nitrogens is 2. The molecular weight excluding hydrogens is 401 g/mol. The van der Waals surface area contributed by atoms with Gasteiger partial charge in [0.25, 0.3) is 5.56 Å². The molecule has 4 N–H and O–H groups in total. The topological polar surface area (TPSA) is 119 Å². The molecule has 2 rings (SSSR count). The zero-order valence-corrected chi connectivity index (χ0v) is 15.4. The van der Waals surface area contributed by atoms with Gasteiger partial charge in [-0.1, -0.05) is 11.8 Å². The molecule has 0 aliphatic carbocycles. The molecule has 0 aliphatic rings. The first-order valence-corrected chi connectivity index (χ1v) is 8.80. The molecule has 152 valence electrons. The quantitative estimate of drug-likeness (QED) is 0.341. The normalized spacial score (nSPS) is 11.3. The first-order chi connectivity index (χ1) is 13.2. The van der Waals surface area contributed by atoms with E-state index in [-0.39, 0.29) is 41.4 Å². The van der Waals surface area contributed by atoms with Gasteiger partial charge < -0.3 is 25.5 Å². The molecule has 0 radical (unpaired) electrons. The van der Waals surface area contributed by atoms with E-state index in [0.717, 1.165) is 36.0 Å². The Bertz CT molecular complexity index is 889. The maximum absolute atomic E-state index is 13.0. The van der Waals surface area contributed by atoms with Crippen molar-refractivity contribution in [3.8, 4) is 5.75 Å². The van der Waals surface area contributed by atoms with Crippen LogP contribution in [-0.4, -0.2) is 42.0 Å². The van der Waals surface area contributed by atoms with E-state index in [1.807, 2.05) is 0 Å². The van der Waals surface area contributed by atoms with E-state index in [0.29, 0.717) is 0 Å². The Morgan fingerprint density at radius 2 is 2.07 bits per heavy atom. The molecule has 28 heavy (non-hydrogen) atoms. The summed E-state index contributed by atoms with van der Waals surface area (Å²) in [5, 5.41) is 2.48. The third-order valence-corrected chi connectivity index (χ3v) is 4.08. The van der Waals surface area contributed by atoms with E-state index in [2.05, 4.69) is 15.3 Å². The van der Waals surface area contributed by atoms with Crippen molar-refractivity contribution in [1.82, 2.24) is 9.97 Å². The third kappa shape index (κ3) is 6.46. The van der Waals surface area contributed by atoms with Crippen LogP contribution in [0.3, 0.4) is 0 Å². The molecule has 0 saturated heterocycles. The molecule has 1 amide bonds. The van der Waals surface area contributed by atoms with Gasteiger partial charge in [0.2, 0.25) is 5.91 Å². The number of alkyl halides is 3. The van der Waals surface area contributed by atoms with Gasteiger partial charge in [-0.3, -0.25) is 9.59 Å². The molecule has 0 atom stereocenters. The SMILES string of the molecule is COCCOc1ccc(C(F)(F)F)cc1NC(=O)CSc1nc(N)cc(=O)[nH]1. The van der Waals surface area contributed by atoms with Gasteiger partial charge in [-0.15, -0.1) is 0 Å². The summed E-state index contributed by atoms with van der Waals surface area (Å²) < 4.78 is 49.0. The van der Waals surface area contributed by atoms with Gasteiger partial charge in [0.1, 0.15) is 18.2 Å². The second-order valence-corrected chi connectivity index (χ2v) is 6.33. The van der Waals surface area contributed by atoms with E-state index in [1.54, 1.807) is 0 Å². The van der Waals surface area contributed by atoms with Crippen molar-refractivity contribution in [2.45, 2.75) is 11.3 Å². The number of carbonyl (C=O) groups excluding carboxylic acids is 1. The summed E-state index contributed by atoms with van der Waals surface area (Å²) in [6.45, 7) is 0.312. The highest BCUT2D eigenvalue weighted by molar-refractivity contribution is 7.99. The van der Waals surface area contributed by atoms with Crippen molar-refractivity contribution >= 4 is 29.2 Å². The highest BCUT2D eigenvalue weighted by atomic mass is 32.2. The zero-order valence-electron chi connectivity index (χ0n) is 14.6. The number of halogens is 3. The molecular formula is C16H17F3N4O4S. The number of nitrogens with zero attached hydrogens (tertiary/aromatic N) is 1.